The van der Waals surface area contributed by atoms with E-state index in [1.807, 2.05) is 30.3 Å². The Morgan fingerprint density at radius 1 is 1.39 bits per heavy atom. The largest absolute Gasteiger partial charge is 0.495 e. The van der Waals surface area contributed by atoms with Gasteiger partial charge in [0.2, 0.25) is 0 Å². The van der Waals surface area contributed by atoms with Gasteiger partial charge in [0, 0.05) is 22.4 Å². The average Bonchev–Trinajstić information content (AvgIpc) is 3.08. The van der Waals surface area contributed by atoms with Crippen molar-refractivity contribution in [2.24, 2.45) is 0 Å². The minimum atomic E-state index is -0.0914. The van der Waals surface area contributed by atoms with Crippen LogP contribution in [0.25, 0.3) is 10.8 Å². The van der Waals surface area contributed by atoms with Gasteiger partial charge in [-0.1, -0.05) is 40.2 Å². The summed E-state index contributed by atoms with van der Waals surface area (Å²) in [7, 11) is 1.61. The van der Waals surface area contributed by atoms with Gasteiger partial charge in [0.15, 0.2) is 0 Å². The monoisotopic (exact) mass is 376 g/mol. The molecule has 0 bridgehead atoms. The Kier molecular flexibility index (Phi) is 5.18. The van der Waals surface area contributed by atoms with Gasteiger partial charge in [-0.3, -0.25) is 4.79 Å². The molecule has 1 atom stereocenters. The van der Waals surface area contributed by atoms with E-state index in [9.17, 15) is 4.79 Å². The van der Waals surface area contributed by atoms with E-state index in [1.165, 1.54) is 12.8 Å². The lowest BCUT2D eigenvalue weighted by atomic mass is 10.0. The number of ether oxygens (including phenoxy) is 1. The molecule has 1 amide bonds. The summed E-state index contributed by atoms with van der Waals surface area (Å²) in [4.78, 5) is 12.6. The van der Waals surface area contributed by atoms with Gasteiger partial charge in [-0.25, -0.2) is 0 Å². The Balaban J connectivity index is 1.79. The van der Waals surface area contributed by atoms with Crippen LogP contribution in [0.1, 0.15) is 29.6 Å². The van der Waals surface area contributed by atoms with Gasteiger partial charge in [-0.05, 0) is 37.3 Å². The second-order valence-electron chi connectivity index (χ2n) is 5.82. The van der Waals surface area contributed by atoms with Crippen LogP contribution in [0.2, 0.25) is 0 Å². The highest BCUT2D eigenvalue weighted by atomic mass is 79.9. The standard InChI is InChI=1S/C18H21BrN2O2/c1-23-17-14-7-3-2-6-13(14)16(19)11-15(17)18(22)21-10-8-12-5-4-9-20-12/h2-3,6-7,11-12,20H,4-5,8-10H2,1H3,(H,21,22). The second kappa shape index (κ2) is 7.32. The smallest absolute Gasteiger partial charge is 0.255 e. The van der Waals surface area contributed by atoms with Gasteiger partial charge in [-0.2, -0.15) is 0 Å². The molecule has 1 heterocycles. The molecule has 122 valence electrons. The lowest BCUT2D eigenvalue weighted by molar-refractivity contribution is 0.0949. The first kappa shape index (κ1) is 16.3. The van der Waals surface area contributed by atoms with Gasteiger partial charge < -0.3 is 15.4 Å². The zero-order chi connectivity index (χ0) is 16.2. The fourth-order valence-corrected chi connectivity index (χ4v) is 3.73. The highest BCUT2D eigenvalue weighted by molar-refractivity contribution is 9.10. The molecule has 1 fully saturated rings. The van der Waals surface area contributed by atoms with Crippen molar-refractivity contribution in [3.63, 3.8) is 0 Å². The first-order chi connectivity index (χ1) is 11.2. The fraction of sp³-hybridized carbons (Fsp3) is 0.389. The van der Waals surface area contributed by atoms with Crippen molar-refractivity contribution in [2.75, 3.05) is 20.2 Å². The van der Waals surface area contributed by atoms with Crippen molar-refractivity contribution in [2.45, 2.75) is 25.3 Å². The van der Waals surface area contributed by atoms with Crippen LogP contribution < -0.4 is 15.4 Å². The maximum Gasteiger partial charge on any atom is 0.255 e. The van der Waals surface area contributed by atoms with Crippen LogP contribution in [0.15, 0.2) is 34.8 Å². The minimum absolute atomic E-state index is 0.0914. The minimum Gasteiger partial charge on any atom is -0.495 e. The predicted octanol–water partition coefficient (Wildman–Crippen LogP) is 3.48. The lowest BCUT2D eigenvalue weighted by Crippen LogP contribution is -2.30. The van der Waals surface area contributed by atoms with E-state index in [2.05, 4.69) is 26.6 Å². The van der Waals surface area contributed by atoms with Crippen molar-refractivity contribution in [3.8, 4) is 5.75 Å². The molecule has 5 heteroatoms. The van der Waals surface area contributed by atoms with Crippen LogP contribution in [0, 0.1) is 0 Å². The van der Waals surface area contributed by atoms with Crippen LogP contribution in [-0.2, 0) is 0 Å². The summed E-state index contributed by atoms with van der Waals surface area (Å²) < 4.78 is 6.42. The van der Waals surface area contributed by atoms with Crippen LogP contribution in [0.4, 0.5) is 0 Å². The molecule has 0 saturated carbocycles. The summed E-state index contributed by atoms with van der Waals surface area (Å²) in [5.41, 5.74) is 0.567. The number of carbonyl (C=O) groups is 1. The topological polar surface area (TPSA) is 50.4 Å². The summed E-state index contributed by atoms with van der Waals surface area (Å²) in [5, 5.41) is 8.43. The van der Waals surface area contributed by atoms with Gasteiger partial charge in [0.1, 0.15) is 5.75 Å². The number of methoxy groups -OCH3 is 1. The number of hydrogen-bond acceptors (Lipinski definition) is 3. The van der Waals surface area contributed by atoms with E-state index in [-0.39, 0.29) is 5.91 Å². The Bertz CT molecular complexity index is 711. The number of carbonyl (C=O) groups excluding carboxylic acids is 1. The van der Waals surface area contributed by atoms with E-state index in [1.54, 1.807) is 7.11 Å². The third kappa shape index (κ3) is 3.51. The maximum absolute atomic E-state index is 12.6. The Morgan fingerprint density at radius 3 is 2.87 bits per heavy atom. The van der Waals surface area contributed by atoms with Crippen LogP contribution in [-0.4, -0.2) is 32.1 Å². The number of halogens is 1. The molecule has 1 aliphatic rings. The molecule has 2 aromatic carbocycles. The third-order valence-electron chi connectivity index (χ3n) is 4.33. The molecule has 4 nitrogen and oxygen atoms in total. The first-order valence-corrected chi connectivity index (χ1v) is 8.77. The van der Waals surface area contributed by atoms with E-state index in [0.717, 1.165) is 28.2 Å². The van der Waals surface area contributed by atoms with Crippen molar-refractivity contribution in [1.82, 2.24) is 10.6 Å². The van der Waals surface area contributed by atoms with Gasteiger partial charge in [0.25, 0.3) is 5.91 Å². The van der Waals surface area contributed by atoms with Gasteiger partial charge in [-0.15, -0.1) is 0 Å². The zero-order valence-corrected chi connectivity index (χ0v) is 14.8. The molecule has 1 unspecified atom stereocenters. The molecule has 1 saturated heterocycles. The molecule has 0 aromatic heterocycles. The van der Waals surface area contributed by atoms with Crippen molar-refractivity contribution in [3.05, 3.63) is 40.4 Å². The normalized spacial score (nSPS) is 17.4. The predicted molar refractivity (Wildman–Crippen MR) is 96.2 cm³/mol. The summed E-state index contributed by atoms with van der Waals surface area (Å²) in [6.45, 7) is 1.76. The Morgan fingerprint density at radius 2 is 2.17 bits per heavy atom. The number of hydrogen-bond donors (Lipinski definition) is 2. The number of nitrogens with one attached hydrogen (secondary N) is 2. The molecule has 0 radical (unpaired) electrons. The van der Waals surface area contributed by atoms with Crippen molar-refractivity contribution in [1.29, 1.82) is 0 Å². The van der Waals surface area contributed by atoms with Gasteiger partial charge in [0.05, 0.1) is 12.7 Å². The number of rotatable bonds is 5. The van der Waals surface area contributed by atoms with E-state index < -0.39 is 0 Å². The van der Waals surface area contributed by atoms with Crippen molar-refractivity contribution < 1.29 is 9.53 Å². The van der Waals surface area contributed by atoms with E-state index in [4.69, 9.17) is 4.74 Å². The van der Waals surface area contributed by atoms with Crippen molar-refractivity contribution >= 4 is 32.6 Å². The number of benzene rings is 2. The quantitative estimate of drug-likeness (QED) is 0.839. The molecule has 0 aliphatic carbocycles. The van der Waals surface area contributed by atoms with Crippen LogP contribution in [0.5, 0.6) is 5.75 Å². The summed E-state index contributed by atoms with van der Waals surface area (Å²) in [5.74, 6) is 0.534. The molecular formula is C18H21BrN2O2. The highest BCUT2D eigenvalue weighted by Crippen LogP contribution is 2.35. The fourth-order valence-electron chi connectivity index (χ4n) is 3.15. The van der Waals surface area contributed by atoms with Crippen LogP contribution >= 0.6 is 15.9 Å². The molecule has 2 aromatic rings. The molecule has 0 spiro atoms. The average molecular weight is 377 g/mol. The Hall–Kier alpha value is -1.59. The number of fused-ring (bicyclic) bond motifs is 1. The first-order valence-electron chi connectivity index (χ1n) is 7.97. The van der Waals surface area contributed by atoms with Crippen LogP contribution in [0.3, 0.4) is 0 Å². The summed E-state index contributed by atoms with van der Waals surface area (Å²) in [6, 6.07) is 10.3. The molecule has 23 heavy (non-hydrogen) atoms. The third-order valence-corrected chi connectivity index (χ3v) is 4.99. The molecule has 2 N–H and O–H groups in total. The maximum atomic E-state index is 12.6. The SMILES string of the molecule is COc1c(C(=O)NCCC2CCCN2)cc(Br)c2ccccc12. The molecular weight excluding hydrogens is 356 g/mol. The lowest BCUT2D eigenvalue weighted by Gasteiger charge is -2.15. The molecule has 3 rings (SSSR count). The highest BCUT2D eigenvalue weighted by Gasteiger charge is 2.18. The number of amides is 1. The van der Waals surface area contributed by atoms with Gasteiger partial charge >= 0.3 is 0 Å². The summed E-state index contributed by atoms with van der Waals surface area (Å²) in [6.07, 6.45) is 3.38. The second-order valence-corrected chi connectivity index (χ2v) is 6.68. The Labute approximate surface area is 144 Å². The van der Waals surface area contributed by atoms with E-state index in [0.29, 0.717) is 23.9 Å². The molecule has 1 aliphatic heterocycles. The zero-order valence-electron chi connectivity index (χ0n) is 13.2. The van der Waals surface area contributed by atoms with E-state index >= 15 is 0 Å². The summed E-state index contributed by atoms with van der Waals surface area (Å²) >= 11 is 3.56.